The fourth-order valence-electron chi connectivity index (χ4n) is 1.64. The van der Waals surface area contributed by atoms with Crippen LogP contribution in [0.25, 0.3) is 0 Å². The normalized spacial score (nSPS) is 13.0. The minimum absolute atomic E-state index is 0.0200. The number of esters is 2. The fourth-order valence-corrected chi connectivity index (χ4v) is 3.02. The largest absolute Gasteiger partial charge is 0.466 e. The van der Waals surface area contributed by atoms with E-state index in [0.717, 1.165) is 0 Å². The molecule has 0 saturated carbocycles. The Bertz CT molecular complexity index is 581. The molecule has 1 atom stereocenters. The molecule has 120 valence electrons. The maximum Gasteiger partial charge on any atom is 0.333 e. The van der Waals surface area contributed by atoms with E-state index >= 15 is 0 Å². The zero-order valence-electron chi connectivity index (χ0n) is 12.4. The second-order valence-corrected chi connectivity index (χ2v) is 6.94. The zero-order valence-corrected chi connectivity index (χ0v) is 13.3. The lowest BCUT2D eigenvalue weighted by Gasteiger charge is -2.11. The Morgan fingerprint density at radius 1 is 1.23 bits per heavy atom. The van der Waals surface area contributed by atoms with Crippen LogP contribution in [0.5, 0.6) is 0 Å². The summed E-state index contributed by atoms with van der Waals surface area (Å²) < 4.78 is 21.5. The van der Waals surface area contributed by atoms with Crippen LogP contribution in [0.1, 0.15) is 12.8 Å². The molecule has 0 aromatic heterocycles. The Balaban J connectivity index is 2.36. The highest BCUT2D eigenvalue weighted by molar-refractivity contribution is 7.66. The van der Waals surface area contributed by atoms with Crippen molar-refractivity contribution < 1.29 is 28.5 Å². The minimum Gasteiger partial charge on any atom is -0.466 e. The van der Waals surface area contributed by atoms with E-state index in [1.165, 1.54) is 7.11 Å². The predicted molar refractivity (Wildman–Crippen MR) is 82.1 cm³/mol. The summed E-state index contributed by atoms with van der Waals surface area (Å²) in [6, 6.07) is 8.16. The highest BCUT2D eigenvalue weighted by Crippen LogP contribution is 2.39. The van der Waals surface area contributed by atoms with Gasteiger partial charge in [0.1, 0.15) is 0 Å². The first-order chi connectivity index (χ1) is 10.4. The van der Waals surface area contributed by atoms with Crippen LogP contribution in [0, 0.1) is 0 Å². The van der Waals surface area contributed by atoms with Gasteiger partial charge < -0.3 is 14.4 Å². The maximum absolute atomic E-state index is 12.1. The van der Waals surface area contributed by atoms with Crippen LogP contribution in [0.3, 0.4) is 0 Å². The standard InChI is InChI=1S/C15H19O6P/c1-12(15(17)20-2)8-10-21-14(16)9-11-22(18,19)13-6-4-3-5-7-13/h3-7H,1,8-11H2,2H3,(H,18,19). The van der Waals surface area contributed by atoms with Gasteiger partial charge in [0.05, 0.1) is 20.1 Å². The van der Waals surface area contributed by atoms with Crippen molar-refractivity contribution in [3.8, 4) is 0 Å². The highest BCUT2D eigenvalue weighted by atomic mass is 31.2. The molecule has 1 unspecified atom stereocenters. The number of methoxy groups -OCH3 is 1. The van der Waals surface area contributed by atoms with Crippen molar-refractivity contribution in [3.63, 3.8) is 0 Å². The number of carbonyl (C=O) groups is 2. The van der Waals surface area contributed by atoms with Gasteiger partial charge in [-0.1, -0.05) is 24.8 Å². The molecule has 0 aliphatic carbocycles. The van der Waals surface area contributed by atoms with E-state index in [-0.39, 0.29) is 31.2 Å². The first-order valence-electron chi connectivity index (χ1n) is 6.66. The summed E-state index contributed by atoms with van der Waals surface area (Å²) in [5.41, 5.74) is 0.201. The van der Waals surface area contributed by atoms with Gasteiger partial charge in [0.25, 0.3) is 0 Å². The highest BCUT2D eigenvalue weighted by Gasteiger charge is 2.22. The van der Waals surface area contributed by atoms with Crippen LogP contribution < -0.4 is 5.30 Å². The molecule has 0 saturated heterocycles. The van der Waals surface area contributed by atoms with Gasteiger partial charge in [0, 0.05) is 23.5 Å². The SMILES string of the molecule is C=C(CCOC(=O)CCP(=O)(O)c1ccccc1)C(=O)OC. The Morgan fingerprint density at radius 3 is 2.45 bits per heavy atom. The summed E-state index contributed by atoms with van der Waals surface area (Å²) in [4.78, 5) is 32.5. The lowest BCUT2D eigenvalue weighted by molar-refractivity contribution is -0.144. The van der Waals surface area contributed by atoms with E-state index in [1.807, 2.05) is 0 Å². The van der Waals surface area contributed by atoms with E-state index in [2.05, 4.69) is 11.3 Å². The molecule has 0 fully saturated rings. The van der Waals surface area contributed by atoms with Crippen LogP contribution in [0.4, 0.5) is 0 Å². The average molecular weight is 326 g/mol. The third kappa shape index (κ3) is 5.84. The van der Waals surface area contributed by atoms with Gasteiger partial charge in [-0.25, -0.2) is 4.79 Å². The number of hydrogen-bond acceptors (Lipinski definition) is 5. The molecular weight excluding hydrogens is 307 g/mol. The van der Waals surface area contributed by atoms with Gasteiger partial charge in [-0.3, -0.25) is 9.36 Å². The Morgan fingerprint density at radius 2 is 1.86 bits per heavy atom. The van der Waals surface area contributed by atoms with Crippen LogP contribution in [0.15, 0.2) is 42.5 Å². The van der Waals surface area contributed by atoms with E-state index in [1.54, 1.807) is 30.3 Å². The molecule has 1 aromatic carbocycles. The molecule has 0 aliphatic rings. The van der Waals surface area contributed by atoms with Crippen LogP contribution >= 0.6 is 7.37 Å². The molecule has 0 bridgehead atoms. The van der Waals surface area contributed by atoms with E-state index in [4.69, 9.17) is 4.74 Å². The van der Waals surface area contributed by atoms with Gasteiger partial charge in [-0.05, 0) is 12.1 Å². The van der Waals surface area contributed by atoms with Gasteiger partial charge in [0.15, 0.2) is 0 Å². The van der Waals surface area contributed by atoms with Crippen molar-refractivity contribution in [1.29, 1.82) is 0 Å². The Kier molecular flexibility index (Phi) is 7.02. The number of ether oxygens (including phenoxy) is 2. The molecule has 22 heavy (non-hydrogen) atoms. The molecule has 0 aliphatic heterocycles. The van der Waals surface area contributed by atoms with Gasteiger partial charge in [0.2, 0.25) is 7.37 Å². The Labute approximate surface area is 129 Å². The van der Waals surface area contributed by atoms with Crippen molar-refractivity contribution in [2.45, 2.75) is 12.8 Å². The Hall–Kier alpha value is -1.91. The van der Waals surface area contributed by atoms with E-state index in [0.29, 0.717) is 5.30 Å². The second kappa shape index (κ2) is 8.51. The summed E-state index contributed by atoms with van der Waals surface area (Å²) in [6.07, 6.45) is -0.199. The molecule has 1 N–H and O–H groups in total. The van der Waals surface area contributed by atoms with Gasteiger partial charge in [-0.15, -0.1) is 0 Å². The molecule has 0 radical (unpaired) electrons. The van der Waals surface area contributed by atoms with Gasteiger partial charge >= 0.3 is 11.9 Å². The number of rotatable bonds is 8. The van der Waals surface area contributed by atoms with Crippen molar-refractivity contribution in [3.05, 3.63) is 42.5 Å². The number of hydrogen-bond donors (Lipinski definition) is 1. The van der Waals surface area contributed by atoms with Crippen LogP contribution in [0.2, 0.25) is 0 Å². The first-order valence-corrected chi connectivity index (χ1v) is 8.50. The molecule has 1 aromatic rings. The second-order valence-electron chi connectivity index (χ2n) is 4.58. The van der Waals surface area contributed by atoms with Crippen molar-refractivity contribution >= 4 is 24.6 Å². The summed E-state index contributed by atoms with van der Waals surface area (Å²) in [5, 5.41) is 0.307. The average Bonchev–Trinajstić information content (AvgIpc) is 2.53. The summed E-state index contributed by atoms with van der Waals surface area (Å²) >= 11 is 0. The molecule has 0 spiro atoms. The van der Waals surface area contributed by atoms with E-state index in [9.17, 15) is 19.0 Å². The smallest absolute Gasteiger partial charge is 0.333 e. The topological polar surface area (TPSA) is 89.9 Å². The maximum atomic E-state index is 12.1. The number of carbonyl (C=O) groups excluding carboxylic acids is 2. The lowest BCUT2D eigenvalue weighted by Crippen LogP contribution is -2.13. The monoisotopic (exact) mass is 326 g/mol. The third-order valence-electron chi connectivity index (χ3n) is 2.92. The van der Waals surface area contributed by atoms with Crippen molar-refractivity contribution in [2.24, 2.45) is 0 Å². The summed E-state index contributed by atoms with van der Waals surface area (Å²) in [6.45, 7) is 3.48. The molecule has 7 heteroatoms. The fraction of sp³-hybridized carbons (Fsp3) is 0.333. The van der Waals surface area contributed by atoms with Crippen LogP contribution in [-0.2, 0) is 23.6 Å². The van der Waals surface area contributed by atoms with Gasteiger partial charge in [-0.2, -0.15) is 0 Å². The minimum atomic E-state index is -3.56. The zero-order chi connectivity index (χ0) is 16.6. The molecule has 0 amide bonds. The van der Waals surface area contributed by atoms with Crippen molar-refractivity contribution in [1.82, 2.24) is 0 Å². The molecule has 6 nitrogen and oxygen atoms in total. The quantitative estimate of drug-likeness (QED) is 0.444. The van der Waals surface area contributed by atoms with Crippen LogP contribution in [-0.4, -0.2) is 36.7 Å². The molecule has 0 heterocycles. The predicted octanol–water partition coefficient (Wildman–Crippen LogP) is 1.63. The van der Waals surface area contributed by atoms with E-state index < -0.39 is 19.3 Å². The number of benzene rings is 1. The third-order valence-corrected chi connectivity index (χ3v) is 4.85. The summed E-state index contributed by atoms with van der Waals surface area (Å²) in [7, 11) is -2.33. The molecular formula is C15H19O6P. The molecule has 1 rings (SSSR count). The summed E-state index contributed by atoms with van der Waals surface area (Å²) in [5.74, 6) is -1.15. The lowest BCUT2D eigenvalue weighted by atomic mass is 10.2. The first kappa shape index (κ1) is 18.1. The van der Waals surface area contributed by atoms with Crippen molar-refractivity contribution in [2.75, 3.05) is 19.9 Å².